The fraction of sp³-hybridized carbons (Fsp3) is 0.929. The lowest BCUT2D eigenvalue weighted by atomic mass is 9.91. The van der Waals surface area contributed by atoms with Gasteiger partial charge in [-0.1, -0.05) is 6.42 Å². The van der Waals surface area contributed by atoms with Crippen LogP contribution in [-0.2, 0) is 4.79 Å². The molecule has 0 atom stereocenters. The van der Waals surface area contributed by atoms with E-state index < -0.39 is 0 Å². The van der Waals surface area contributed by atoms with Gasteiger partial charge in [-0.15, -0.1) is 0 Å². The lowest BCUT2D eigenvalue weighted by molar-refractivity contribution is -0.134. The maximum atomic E-state index is 12.2. The first-order valence-electron chi connectivity index (χ1n) is 7.44. The zero-order chi connectivity index (χ0) is 12.8. The molecule has 0 aromatic carbocycles. The van der Waals surface area contributed by atoms with Crippen LogP contribution in [0.25, 0.3) is 0 Å². The van der Waals surface area contributed by atoms with Crippen molar-refractivity contribution in [2.75, 3.05) is 32.8 Å². The summed E-state index contributed by atoms with van der Waals surface area (Å²) in [4.78, 5) is 16.5. The van der Waals surface area contributed by atoms with Crippen LogP contribution in [0.4, 0.5) is 0 Å². The van der Waals surface area contributed by atoms with E-state index >= 15 is 0 Å². The van der Waals surface area contributed by atoms with E-state index in [0.29, 0.717) is 18.5 Å². The predicted octanol–water partition coefficient (Wildman–Crippen LogP) is 1.24. The van der Waals surface area contributed by atoms with Gasteiger partial charge >= 0.3 is 0 Å². The molecule has 4 heteroatoms. The maximum Gasteiger partial charge on any atom is 0.236 e. The van der Waals surface area contributed by atoms with Gasteiger partial charge in [0, 0.05) is 32.3 Å². The molecule has 1 saturated carbocycles. The van der Waals surface area contributed by atoms with E-state index in [1.807, 2.05) is 4.90 Å². The second kappa shape index (κ2) is 7.10. The second-order valence-electron chi connectivity index (χ2n) is 5.57. The summed E-state index contributed by atoms with van der Waals surface area (Å²) < 4.78 is 0. The number of likely N-dealkylation sites (tertiary alicyclic amines) is 1. The van der Waals surface area contributed by atoms with E-state index in [0.717, 1.165) is 38.9 Å². The lowest BCUT2D eigenvalue weighted by Crippen LogP contribution is -2.48. The molecule has 1 heterocycles. The Balaban J connectivity index is 1.80. The number of hydrogen-bond acceptors (Lipinski definition) is 3. The topological polar surface area (TPSA) is 43.8 Å². The van der Waals surface area contributed by atoms with Gasteiger partial charge in [-0.3, -0.25) is 9.69 Å². The van der Waals surface area contributed by atoms with Crippen LogP contribution in [0.5, 0.6) is 0 Å². The quantitative estimate of drug-likeness (QED) is 0.775. The number of carbonyl (C=O) groups excluding carboxylic acids is 1. The van der Waals surface area contributed by atoms with Gasteiger partial charge in [-0.05, 0) is 38.5 Å². The molecule has 1 aliphatic carbocycles. The van der Waals surface area contributed by atoms with Crippen molar-refractivity contribution in [2.24, 2.45) is 0 Å². The third-order valence-electron chi connectivity index (χ3n) is 4.24. The number of rotatable bonds is 6. The Morgan fingerprint density at radius 1 is 1.17 bits per heavy atom. The number of aliphatic hydroxyl groups excluding tert-OH is 1. The van der Waals surface area contributed by atoms with Crippen LogP contribution in [-0.4, -0.2) is 59.6 Å². The molecular formula is C14H26N2O2. The largest absolute Gasteiger partial charge is 0.396 e. The van der Waals surface area contributed by atoms with Crippen molar-refractivity contribution >= 4 is 5.91 Å². The lowest BCUT2D eigenvalue weighted by Gasteiger charge is -2.38. The van der Waals surface area contributed by atoms with Crippen molar-refractivity contribution in [1.82, 2.24) is 9.80 Å². The zero-order valence-electron chi connectivity index (χ0n) is 11.3. The number of nitrogens with zero attached hydrogens (tertiary/aromatic N) is 2. The van der Waals surface area contributed by atoms with Crippen LogP contribution in [0.15, 0.2) is 0 Å². The third-order valence-corrected chi connectivity index (χ3v) is 4.24. The van der Waals surface area contributed by atoms with Gasteiger partial charge in [0.05, 0.1) is 6.54 Å². The molecule has 4 nitrogen and oxygen atoms in total. The molecule has 2 aliphatic rings. The van der Waals surface area contributed by atoms with Crippen molar-refractivity contribution in [1.29, 1.82) is 0 Å². The Hall–Kier alpha value is -0.610. The highest BCUT2D eigenvalue weighted by Gasteiger charge is 2.27. The Morgan fingerprint density at radius 3 is 2.44 bits per heavy atom. The van der Waals surface area contributed by atoms with Gasteiger partial charge in [-0.25, -0.2) is 0 Å². The Labute approximate surface area is 110 Å². The SMILES string of the molecule is O=C(CN(CCCO)C1CCC1)N1CCCCC1. The summed E-state index contributed by atoms with van der Waals surface area (Å²) in [5.41, 5.74) is 0. The normalized spacial score (nSPS) is 21.1. The van der Waals surface area contributed by atoms with Crippen molar-refractivity contribution in [3.8, 4) is 0 Å². The fourth-order valence-corrected chi connectivity index (χ4v) is 2.83. The van der Waals surface area contributed by atoms with Gasteiger partial charge < -0.3 is 10.0 Å². The Bertz CT molecular complexity index is 261. The molecule has 0 aromatic rings. The molecule has 1 N–H and O–H groups in total. The number of hydrogen-bond donors (Lipinski definition) is 1. The van der Waals surface area contributed by atoms with Gasteiger partial charge in [0.2, 0.25) is 5.91 Å². The molecule has 2 rings (SSSR count). The van der Waals surface area contributed by atoms with Crippen LogP contribution in [0.3, 0.4) is 0 Å². The summed E-state index contributed by atoms with van der Waals surface area (Å²) in [6, 6.07) is 0.588. The molecule has 0 spiro atoms. The van der Waals surface area contributed by atoms with Crippen LogP contribution >= 0.6 is 0 Å². The summed E-state index contributed by atoms with van der Waals surface area (Å²) in [6.45, 7) is 3.53. The fourth-order valence-electron chi connectivity index (χ4n) is 2.83. The number of amides is 1. The summed E-state index contributed by atoms with van der Waals surface area (Å²) >= 11 is 0. The minimum absolute atomic E-state index is 0.223. The molecule has 0 bridgehead atoms. The number of piperidine rings is 1. The average molecular weight is 254 g/mol. The summed E-state index contributed by atoms with van der Waals surface area (Å²) in [6.07, 6.45) is 8.09. The first-order valence-corrected chi connectivity index (χ1v) is 7.44. The van der Waals surface area contributed by atoms with Crippen molar-refractivity contribution in [3.05, 3.63) is 0 Å². The van der Waals surface area contributed by atoms with Gasteiger partial charge in [0.25, 0.3) is 0 Å². The summed E-state index contributed by atoms with van der Waals surface area (Å²) in [7, 11) is 0. The number of aliphatic hydroxyl groups is 1. The van der Waals surface area contributed by atoms with Crippen LogP contribution < -0.4 is 0 Å². The highest BCUT2D eigenvalue weighted by molar-refractivity contribution is 5.78. The van der Waals surface area contributed by atoms with Crippen molar-refractivity contribution in [3.63, 3.8) is 0 Å². The van der Waals surface area contributed by atoms with E-state index in [2.05, 4.69) is 4.90 Å². The van der Waals surface area contributed by atoms with Crippen LogP contribution in [0, 0.1) is 0 Å². The van der Waals surface area contributed by atoms with Crippen LogP contribution in [0.2, 0.25) is 0 Å². The van der Waals surface area contributed by atoms with E-state index in [1.165, 1.54) is 25.7 Å². The molecular weight excluding hydrogens is 228 g/mol. The highest BCUT2D eigenvalue weighted by Crippen LogP contribution is 2.25. The predicted molar refractivity (Wildman–Crippen MR) is 71.3 cm³/mol. The van der Waals surface area contributed by atoms with Gasteiger partial charge in [0.15, 0.2) is 0 Å². The molecule has 0 aromatic heterocycles. The molecule has 104 valence electrons. The Morgan fingerprint density at radius 2 is 1.89 bits per heavy atom. The molecule has 0 unspecified atom stereocenters. The van der Waals surface area contributed by atoms with Gasteiger partial charge in [0.1, 0.15) is 0 Å². The number of carbonyl (C=O) groups is 1. The van der Waals surface area contributed by atoms with Crippen molar-refractivity contribution in [2.45, 2.75) is 51.0 Å². The standard InChI is InChI=1S/C14H26N2O2/c17-11-5-10-16(13-6-4-7-13)12-14(18)15-8-2-1-3-9-15/h13,17H,1-12H2. The van der Waals surface area contributed by atoms with E-state index in [9.17, 15) is 4.79 Å². The zero-order valence-corrected chi connectivity index (χ0v) is 11.3. The molecule has 1 aliphatic heterocycles. The summed E-state index contributed by atoms with van der Waals surface area (Å²) in [5, 5.41) is 8.95. The minimum atomic E-state index is 0.223. The molecule has 18 heavy (non-hydrogen) atoms. The van der Waals surface area contributed by atoms with Gasteiger partial charge in [-0.2, -0.15) is 0 Å². The molecule has 2 fully saturated rings. The van der Waals surface area contributed by atoms with E-state index in [1.54, 1.807) is 0 Å². The summed E-state index contributed by atoms with van der Waals surface area (Å²) in [5.74, 6) is 0.291. The van der Waals surface area contributed by atoms with Crippen molar-refractivity contribution < 1.29 is 9.90 Å². The van der Waals surface area contributed by atoms with E-state index in [4.69, 9.17) is 5.11 Å². The molecule has 1 amide bonds. The average Bonchev–Trinajstić information content (AvgIpc) is 2.34. The second-order valence-corrected chi connectivity index (χ2v) is 5.57. The van der Waals surface area contributed by atoms with Crippen LogP contribution in [0.1, 0.15) is 44.9 Å². The Kier molecular flexibility index (Phi) is 5.45. The third kappa shape index (κ3) is 3.69. The first-order chi connectivity index (χ1) is 8.81. The minimum Gasteiger partial charge on any atom is -0.396 e. The van der Waals surface area contributed by atoms with E-state index in [-0.39, 0.29) is 6.61 Å². The molecule has 1 saturated heterocycles. The smallest absolute Gasteiger partial charge is 0.236 e. The highest BCUT2D eigenvalue weighted by atomic mass is 16.3. The monoisotopic (exact) mass is 254 g/mol. The first kappa shape index (κ1) is 13.8. The molecule has 0 radical (unpaired) electrons. The maximum absolute atomic E-state index is 12.2.